The van der Waals surface area contributed by atoms with Gasteiger partial charge in [-0.25, -0.2) is 0 Å². The van der Waals surface area contributed by atoms with Crippen molar-refractivity contribution < 1.29 is 19.7 Å². The molecule has 2 saturated carbocycles. The van der Waals surface area contributed by atoms with E-state index in [-0.39, 0.29) is 35.8 Å². The van der Waals surface area contributed by atoms with Crippen LogP contribution in [0.1, 0.15) is 61.6 Å². The van der Waals surface area contributed by atoms with Gasteiger partial charge in [0.05, 0.1) is 23.0 Å². The Hall–Kier alpha value is -2.57. The van der Waals surface area contributed by atoms with Crippen molar-refractivity contribution in [3.63, 3.8) is 0 Å². The highest BCUT2D eigenvalue weighted by Crippen LogP contribution is 2.66. The fraction of sp³-hybridized carbons (Fsp3) is 0.567. The molecule has 2 aliphatic heterocycles. The monoisotopic (exact) mass is 488 g/mol. The first kappa shape index (κ1) is 22.6. The number of carbonyl (C=O) groups is 1. The summed E-state index contributed by atoms with van der Waals surface area (Å²) in [6.07, 6.45) is 5.10. The van der Waals surface area contributed by atoms with Gasteiger partial charge in [0.1, 0.15) is 6.10 Å². The molecule has 36 heavy (non-hydrogen) atoms. The third-order valence-corrected chi connectivity index (χ3v) is 10.2. The summed E-state index contributed by atoms with van der Waals surface area (Å²) in [6, 6.07) is 13.6. The zero-order chi connectivity index (χ0) is 24.8. The second-order valence-electron chi connectivity index (χ2n) is 12.0. The maximum atomic E-state index is 13.7. The minimum Gasteiger partial charge on any atom is -0.504 e. The molecule has 6 heteroatoms. The fourth-order valence-corrected chi connectivity index (χ4v) is 8.21. The van der Waals surface area contributed by atoms with Crippen LogP contribution < -0.4 is 4.74 Å². The number of likely N-dealkylation sites (N-methyl/N-ethyl adjacent to an activating group) is 1. The molecule has 2 heterocycles. The number of likely N-dealkylation sites (tertiary alicyclic amines) is 1. The van der Waals surface area contributed by atoms with E-state index in [1.807, 2.05) is 55.3 Å². The standard InChI is InChI=1S/C30H36N2O4/c1-18(20-6-4-3-5-7-20)28(34)31(2)22-12-13-30(35)24-16-21-10-11-23(33)26-25(21)29(30,27(22)36-26)14-15-32(24)17-19-8-9-19/h3-7,10-11,18-19,22,24,27,33,35H,8-9,12-17H2,1-2H3/t18?,22-,24-,27-,29-,30+/m0/s1. The van der Waals surface area contributed by atoms with Gasteiger partial charge in [-0.05, 0) is 75.1 Å². The number of aromatic hydroxyl groups is 1. The maximum absolute atomic E-state index is 13.7. The lowest BCUT2D eigenvalue weighted by Crippen LogP contribution is -2.78. The van der Waals surface area contributed by atoms with Crippen LogP contribution in [0.3, 0.4) is 0 Å². The van der Waals surface area contributed by atoms with Crippen LogP contribution >= 0.6 is 0 Å². The summed E-state index contributed by atoms with van der Waals surface area (Å²) in [4.78, 5) is 18.1. The molecule has 6 atom stereocenters. The average molecular weight is 489 g/mol. The van der Waals surface area contributed by atoms with Gasteiger partial charge in [-0.2, -0.15) is 0 Å². The Kier molecular flexibility index (Phi) is 4.85. The SMILES string of the molecule is CC(C(=O)N(C)[C@H]1CC[C@@]2(O)[C@@H]3Cc4ccc(O)c5c4[C@@]2(CCN3CC2CC2)[C@H]1O5)c1ccccc1. The normalized spacial score (nSPS) is 35.0. The van der Waals surface area contributed by atoms with Gasteiger partial charge in [-0.1, -0.05) is 36.4 Å². The lowest BCUT2D eigenvalue weighted by Gasteiger charge is -2.64. The second kappa shape index (κ2) is 7.72. The molecule has 1 amide bonds. The Morgan fingerprint density at radius 3 is 2.69 bits per heavy atom. The Bertz CT molecular complexity index is 1210. The third-order valence-electron chi connectivity index (χ3n) is 10.2. The van der Waals surface area contributed by atoms with E-state index in [1.165, 1.54) is 18.4 Å². The molecule has 2 aromatic rings. The van der Waals surface area contributed by atoms with Crippen molar-refractivity contribution in [1.82, 2.24) is 9.80 Å². The minimum atomic E-state index is -0.928. The van der Waals surface area contributed by atoms with Crippen LogP contribution in [-0.4, -0.2) is 69.8 Å². The van der Waals surface area contributed by atoms with Gasteiger partial charge < -0.3 is 19.8 Å². The topological polar surface area (TPSA) is 73.2 Å². The van der Waals surface area contributed by atoms with E-state index in [9.17, 15) is 15.0 Å². The summed E-state index contributed by atoms with van der Waals surface area (Å²) in [5.41, 5.74) is 1.67. The largest absolute Gasteiger partial charge is 0.504 e. The van der Waals surface area contributed by atoms with Gasteiger partial charge in [0.25, 0.3) is 0 Å². The molecule has 190 valence electrons. The molecule has 6 nitrogen and oxygen atoms in total. The highest BCUT2D eigenvalue weighted by molar-refractivity contribution is 5.83. The Morgan fingerprint density at radius 1 is 1.17 bits per heavy atom. The highest BCUT2D eigenvalue weighted by Gasteiger charge is 2.73. The Labute approximate surface area is 212 Å². The molecule has 0 aromatic heterocycles. The summed E-state index contributed by atoms with van der Waals surface area (Å²) >= 11 is 0. The molecule has 3 fully saturated rings. The van der Waals surface area contributed by atoms with Crippen molar-refractivity contribution in [2.45, 2.75) is 80.6 Å². The van der Waals surface area contributed by atoms with Crippen LogP contribution in [0.25, 0.3) is 0 Å². The number of hydrogen-bond donors (Lipinski definition) is 2. The molecule has 1 saturated heterocycles. The predicted octanol–water partition coefficient (Wildman–Crippen LogP) is 3.59. The molecule has 7 rings (SSSR count). The summed E-state index contributed by atoms with van der Waals surface area (Å²) in [6.45, 7) is 3.95. The number of aliphatic hydroxyl groups is 1. The highest BCUT2D eigenvalue weighted by atomic mass is 16.5. The molecule has 5 aliphatic rings. The molecule has 2 aromatic carbocycles. The number of phenols is 1. The number of carbonyl (C=O) groups excluding carboxylic acids is 1. The Morgan fingerprint density at radius 2 is 1.94 bits per heavy atom. The zero-order valence-electron chi connectivity index (χ0n) is 21.2. The first-order valence-electron chi connectivity index (χ1n) is 13.6. The lowest BCUT2D eigenvalue weighted by atomic mass is 9.48. The number of nitrogens with zero attached hydrogens (tertiary/aromatic N) is 2. The number of phenolic OH excluding ortho intramolecular Hbond substituents is 1. The molecular weight excluding hydrogens is 452 g/mol. The van der Waals surface area contributed by atoms with Crippen LogP contribution in [0.4, 0.5) is 0 Å². The van der Waals surface area contributed by atoms with Crippen molar-refractivity contribution in [2.75, 3.05) is 20.1 Å². The van der Waals surface area contributed by atoms with Gasteiger partial charge in [-0.15, -0.1) is 0 Å². The van der Waals surface area contributed by atoms with Crippen LogP contribution in [0.5, 0.6) is 11.5 Å². The van der Waals surface area contributed by atoms with Gasteiger partial charge in [0, 0.05) is 25.2 Å². The maximum Gasteiger partial charge on any atom is 0.229 e. The zero-order valence-corrected chi connectivity index (χ0v) is 21.2. The van der Waals surface area contributed by atoms with Crippen molar-refractivity contribution in [3.05, 3.63) is 59.2 Å². The number of rotatable bonds is 5. The third kappa shape index (κ3) is 2.89. The summed E-state index contributed by atoms with van der Waals surface area (Å²) in [7, 11) is 1.89. The summed E-state index contributed by atoms with van der Waals surface area (Å²) in [5.74, 6) is 1.24. The second-order valence-corrected chi connectivity index (χ2v) is 12.0. The van der Waals surface area contributed by atoms with Crippen molar-refractivity contribution >= 4 is 5.91 Å². The van der Waals surface area contributed by atoms with Gasteiger partial charge >= 0.3 is 0 Å². The van der Waals surface area contributed by atoms with E-state index in [1.54, 1.807) is 6.07 Å². The smallest absolute Gasteiger partial charge is 0.229 e. The van der Waals surface area contributed by atoms with Gasteiger partial charge in [-0.3, -0.25) is 9.69 Å². The fourth-order valence-electron chi connectivity index (χ4n) is 8.21. The van der Waals surface area contributed by atoms with E-state index in [2.05, 4.69) is 4.90 Å². The average Bonchev–Trinajstić information content (AvgIpc) is 3.63. The van der Waals surface area contributed by atoms with E-state index in [0.29, 0.717) is 18.6 Å². The van der Waals surface area contributed by atoms with Crippen molar-refractivity contribution in [2.24, 2.45) is 5.92 Å². The van der Waals surface area contributed by atoms with E-state index < -0.39 is 11.0 Å². The molecule has 2 N–H and O–H groups in total. The number of piperidine rings is 1. The van der Waals surface area contributed by atoms with Crippen molar-refractivity contribution in [3.8, 4) is 11.5 Å². The van der Waals surface area contributed by atoms with Gasteiger partial charge in [0.2, 0.25) is 5.91 Å². The summed E-state index contributed by atoms with van der Waals surface area (Å²) < 4.78 is 6.65. The van der Waals surface area contributed by atoms with Gasteiger partial charge in [0.15, 0.2) is 11.5 Å². The Balaban J connectivity index is 1.29. The van der Waals surface area contributed by atoms with E-state index in [4.69, 9.17) is 4.74 Å². The van der Waals surface area contributed by atoms with Crippen molar-refractivity contribution in [1.29, 1.82) is 0 Å². The molecule has 1 unspecified atom stereocenters. The van der Waals surface area contributed by atoms with Crippen LogP contribution in [0, 0.1) is 5.92 Å². The van der Waals surface area contributed by atoms with Crippen LogP contribution in [-0.2, 0) is 16.6 Å². The molecular formula is C30H36N2O4. The number of benzene rings is 2. The van der Waals surface area contributed by atoms with E-state index in [0.717, 1.165) is 43.0 Å². The van der Waals surface area contributed by atoms with Crippen LogP contribution in [0.2, 0.25) is 0 Å². The predicted molar refractivity (Wildman–Crippen MR) is 136 cm³/mol. The molecule has 3 aliphatic carbocycles. The molecule has 1 spiro atoms. The number of amides is 1. The number of ether oxygens (including phenoxy) is 1. The number of hydrogen-bond acceptors (Lipinski definition) is 5. The molecule has 2 bridgehead atoms. The summed E-state index contributed by atoms with van der Waals surface area (Å²) in [5, 5.41) is 23.5. The first-order chi connectivity index (χ1) is 17.3. The minimum absolute atomic E-state index is 0.0474. The van der Waals surface area contributed by atoms with E-state index >= 15 is 0 Å². The quantitative estimate of drug-likeness (QED) is 0.673. The lowest BCUT2D eigenvalue weighted by molar-refractivity contribution is -0.200. The molecule has 0 radical (unpaired) electrons. The van der Waals surface area contributed by atoms with Crippen LogP contribution in [0.15, 0.2) is 42.5 Å². The first-order valence-corrected chi connectivity index (χ1v) is 13.6.